The van der Waals surface area contributed by atoms with Crippen LogP contribution < -0.4 is 10.1 Å². The van der Waals surface area contributed by atoms with Crippen LogP contribution in [0.3, 0.4) is 0 Å². The number of benzene rings is 1. The standard InChI is InChI=1S/C16H11F2N3O5S/c1-26-15-9(17)3-7(4-10(15)18)21-12-13(22)8-5-19-6-20-11(8)14(23)16(12)27(2,24)25/h3-6,21H,1-2H3. The molecular formula is C16H11F2N3O5S. The van der Waals surface area contributed by atoms with Gasteiger partial charge in [-0.05, 0) is 0 Å². The first kappa shape index (κ1) is 18.6. The van der Waals surface area contributed by atoms with Crippen LogP contribution in [0.25, 0.3) is 0 Å². The predicted octanol–water partition coefficient (Wildman–Crippen LogP) is 1.51. The monoisotopic (exact) mass is 395 g/mol. The van der Waals surface area contributed by atoms with Crippen molar-refractivity contribution in [2.75, 3.05) is 18.7 Å². The third-order valence-corrected chi connectivity index (χ3v) is 4.81. The lowest BCUT2D eigenvalue weighted by molar-refractivity contribution is 0.0977. The molecule has 27 heavy (non-hydrogen) atoms. The number of aromatic nitrogens is 2. The normalized spacial score (nSPS) is 14.2. The summed E-state index contributed by atoms with van der Waals surface area (Å²) in [7, 11) is -3.11. The molecule has 0 aliphatic heterocycles. The summed E-state index contributed by atoms with van der Waals surface area (Å²) in [6, 6.07) is 1.59. The van der Waals surface area contributed by atoms with E-state index in [1.807, 2.05) is 0 Å². The van der Waals surface area contributed by atoms with Gasteiger partial charge < -0.3 is 10.1 Å². The number of fused-ring (bicyclic) bond motifs is 1. The molecule has 0 radical (unpaired) electrons. The Hall–Kier alpha value is -3.21. The van der Waals surface area contributed by atoms with Gasteiger partial charge in [-0.3, -0.25) is 9.59 Å². The lowest BCUT2D eigenvalue weighted by Gasteiger charge is -2.20. The molecule has 1 heterocycles. The largest absolute Gasteiger partial charge is 0.491 e. The minimum absolute atomic E-state index is 0.230. The third kappa shape index (κ3) is 3.16. The molecule has 0 atom stereocenters. The highest BCUT2D eigenvalue weighted by atomic mass is 32.2. The summed E-state index contributed by atoms with van der Waals surface area (Å²) in [6.07, 6.45) is 2.78. The van der Waals surface area contributed by atoms with Crippen LogP contribution >= 0.6 is 0 Å². The van der Waals surface area contributed by atoms with Crippen molar-refractivity contribution >= 4 is 27.1 Å². The number of nitrogens with zero attached hydrogens (tertiary/aromatic N) is 2. The highest BCUT2D eigenvalue weighted by molar-refractivity contribution is 7.95. The first-order chi connectivity index (χ1) is 12.6. The number of rotatable bonds is 4. The molecule has 0 amide bonds. The number of halogens is 2. The van der Waals surface area contributed by atoms with E-state index in [1.54, 1.807) is 0 Å². The lowest BCUT2D eigenvalue weighted by atomic mass is 9.98. The predicted molar refractivity (Wildman–Crippen MR) is 89.1 cm³/mol. The number of hydrogen-bond acceptors (Lipinski definition) is 8. The summed E-state index contributed by atoms with van der Waals surface area (Å²) in [5, 5.41) is 2.33. The van der Waals surface area contributed by atoms with E-state index in [0.717, 1.165) is 38.0 Å². The molecule has 1 aromatic carbocycles. The molecule has 2 aromatic rings. The third-order valence-electron chi connectivity index (χ3n) is 3.67. The number of ketones is 2. The molecule has 1 aliphatic rings. The average Bonchev–Trinajstić information content (AvgIpc) is 2.58. The van der Waals surface area contributed by atoms with Crippen LogP contribution in [0.1, 0.15) is 20.8 Å². The van der Waals surface area contributed by atoms with Crippen molar-refractivity contribution in [3.05, 3.63) is 58.2 Å². The Morgan fingerprint density at radius 1 is 1.11 bits per heavy atom. The van der Waals surface area contributed by atoms with Crippen molar-refractivity contribution in [3.63, 3.8) is 0 Å². The number of nitrogens with one attached hydrogen (secondary N) is 1. The number of allylic oxidation sites excluding steroid dienone is 2. The number of carbonyl (C=O) groups excluding carboxylic acids is 2. The molecule has 0 fully saturated rings. The highest BCUT2D eigenvalue weighted by Gasteiger charge is 2.38. The van der Waals surface area contributed by atoms with Crippen LogP contribution in [-0.2, 0) is 9.84 Å². The van der Waals surface area contributed by atoms with E-state index in [1.165, 1.54) is 0 Å². The average molecular weight is 395 g/mol. The number of ether oxygens (including phenoxy) is 1. The van der Waals surface area contributed by atoms with Gasteiger partial charge in [-0.2, -0.15) is 0 Å². The Morgan fingerprint density at radius 3 is 2.30 bits per heavy atom. The zero-order valence-corrected chi connectivity index (χ0v) is 14.7. The Balaban J connectivity index is 2.19. The van der Waals surface area contributed by atoms with Crippen molar-refractivity contribution in [1.29, 1.82) is 0 Å². The Morgan fingerprint density at radius 2 is 1.74 bits per heavy atom. The molecule has 0 saturated carbocycles. The fourth-order valence-electron chi connectivity index (χ4n) is 2.57. The number of carbonyl (C=O) groups is 2. The van der Waals surface area contributed by atoms with E-state index >= 15 is 0 Å². The summed E-state index contributed by atoms with van der Waals surface area (Å²) in [6.45, 7) is 0. The zero-order chi connectivity index (χ0) is 19.9. The van der Waals surface area contributed by atoms with Crippen LogP contribution in [0, 0.1) is 11.6 Å². The van der Waals surface area contributed by atoms with E-state index in [-0.39, 0.29) is 16.9 Å². The van der Waals surface area contributed by atoms with Crippen LogP contribution in [0.5, 0.6) is 5.75 Å². The molecular weight excluding hydrogens is 384 g/mol. The van der Waals surface area contributed by atoms with Crippen LogP contribution in [0.2, 0.25) is 0 Å². The van der Waals surface area contributed by atoms with Crippen molar-refractivity contribution in [1.82, 2.24) is 9.97 Å². The SMILES string of the molecule is COc1c(F)cc(NC2=C(S(C)(=O)=O)C(=O)c3ncncc3C2=O)cc1F. The minimum atomic E-state index is -4.18. The van der Waals surface area contributed by atoms with E-state index in [0.29, 0.717) is 0 Å². The second kappa shape index (κ2) is 6.50. The number of sulfone groups is 1. The topological polar surface area (TPSA) is 115 Å². The molecule has 0 saturated heterocycles. The molecule has 8 nitrogen and oxygen atoms in total. The van der Waals surface area contributed by atoms with Crippen molar-refractivity contribution in [2.24, 2.45) is 0 Å². The van der Waals surface area contributed by atoms with Gasteiger partial charge >= 0.3 is 0 Å². The molecule has 1 aliphatic carbocycles. The van der Waals surface area contributed by atoms with Gasteiger partial charge in [0.1, 0.15) is 22.6 Å². The zero-order valence-electron chi connectivity index (χ0n) is 13.9. The molecule has 1 N–H and O–H groups in total. The maximum atomic E-state index is 13.9. The molecule has 0 spiro atoms. The number of Topliss-reactive ketones (excluding diaryl/α,β-unsaturated/α-hetero) is 2. The molecule has 11 heteroatoms. The smallest absolute Gasteiger partial charge is 0.225 e. The van der Waals surface area contributed by atoms with Gasteiger partial charge in [0, 0.05) is 30.3 Å². The van der Waals surface area contributed by atoms with Gasteiger partial charge in [-0.25, -0.2) is 27.2 Å². The van der Waals surface area contributed by atoms with Gasteiger partial charge in [0.2, 0.25) is 11.6 Å². The molecule has 0 bridgehead atoms. The Labute approximate surface area is 151 Å². The quantitative estimate of drug-likeness (QED) is 0.828. The highest BCUT2D eigenvalue weighted by Crippen LogP contribution is 2.31. The molecule has 3 rings (SSSR count). The van der Waals surface area contributed by atoms with Crippen molar-refractivity contribution < 1.29 is 31.5 Å². The van der Waals surface area contributed by atoms with Crippen LogP contribution in [0.15, 0.2) is 35.3 Å². The van der Waals surface area contributed by atoms with E-state index < -0.39 is 49.4 Å². The van der Waals surface area contributed by atoms with Gasteiger partial charge in [0.15, 0.2) is 27.2 Å². The summed E-state index contributed by atoms with van der Waals surface area (Å²) in [4.78, 5) is 31.7. The lowest BCUT2D eigenvalue weighted by Crippen LogP contribution is -2.30. The van der Waals surface area contributed by atoms with Gasteiger partial charge in [0.05, 0.1) is 12.7 Å². The summed E-state index contributed by atoms with van der Waals surface area (Å²) >= 11 is 0. The summed E-state index contributed by atoms with van der Waals surface area (Å²) in [5.41, 5.74) is -1.53. The van der Waals surface area contributed by atoms with E-state index in [9.17, 15) is 26.8 Å². The van der Waals surface area contributed by atoms with Gasteiger partial charge in [0.25, 0.3) is 0 Å². The van der Waals surface area contributed by atoms with E-state index in [4.69, 9.17) is 0 Å². The van der Waals surface area contributed by atoms with Crippen molar-refractivity contribution in [3.8, 4) is 5.75 Å². The minimum Gasteiger partial charge on any atom is -0.491 e. The van der Waals surface area contributed by atoms with Crippen molar-refractivity contribution in [2.45, 2.75) is 0 Å². The second-order valence-electron chi connectivity index (χ2n) is 5.52. The summed E-state index contributed by atoms with van der Waals surface area (Å²) in [5.74, 6) is -4.74. The number of methoxy groups -OCH3 is 1. The van der Waals surface area contributed by atoms with Gasteiger partial charge in [-0.1, -0.05) is 0 Å². The first-order valence-electron chi connectivity index (χ1n) is 7.29. The molecule has 140 valence electrons. The Bertz CT molecular complexity index is 1110. The second-order valence-corrected chi connectivity index (χ2v) is 7.47. The number of anilines is 1. The summed E-state index contributed by atoms with van der Waals surface area (Å²) < 4.78 is 56.6. The van der Waals surface area contributed by atoms with Crippen LogP contribution in [0.4, 0.5) is 14.5 Å². The fourth-order valence-corrected chi connectivity index (χ4v) is 3.52. The maximum Gasteiger partial charge on any atom is 0.225 e. The number of hydrogen-bond donors (Lipinski definition) is 1. The van der Waals surface area contributed by atoms with Gasteiger partial charge in [-0.15, -0.1) is 0 Å². The first-order valence-corrected chi connectivity index (χ1v) is 9.18. The maximum absolute atomic E-state index is 13.9. The van der Waals surface area contributed by atoms with Crippen LogP contribution in [-0.4, -0.2) is 43.3 Å². The van der Waals surface area contributed by atoms with E-state index in [2.05, 4.69) is 20.0 Å². The molecule has 0 unspecified atom stereocenters. The molecule has 1 aromatic heterocycles. The Kier molecular flexibility index (Phi) is 4.47. The fraction of sp³-hybridized carbons (Fsp3) is 0.125.